The number of halogens is 1. The number of ether oxygens (including phenoxy) is 1. The molecular formula is C19H21FN2O3. The van der Waals surface area contributed by atoms with E-state index in [1.54, 1.807) is 0 Å². The first kappa shape index (κ1) is 18.4. The van der Waals surface area contributed by atoms with Gasteiger partial charge in [-0.1, -0.05) is 6.07 Å². The zero-order chi connectivity index (χ0) is 18.4. The molecule has 0 saturated heterocycles. The molecular weight excluding hydrogens is 323 g/mol. The van der Waals surface area contributed by atoms with Crippen molar-refractivity contribution < 1.29 is 18.7 Å². The molecule has 2 aromatic carbocycles. The summed E-state index contributed by atoms with van der Waals surface area (Å²) in [5, 5.41) is 2.60. The van der Waals surface area contributed by atoms with Crippen molar-refractivity contribution in [3.63, 3.8) is 0 Å². The molecule has 0 unspecified atom stereocenters. The van der Waals surface area contributed by atoms with E-state index >= 15 is 0 Å². The third-order valence-electron chi connectivity index (χ3n) is 3.49. The molecule has 25 heavy (non-hydrogen) atoms. The van der Waals surface area contributed by atoms with Crippen molar-refractivity contribution in [2.75, 3.05) is 25.5 Å². The van der Waals surface area contributed by atoms with Gasteiger partial charge in [-0.15, -0.1) is 0 Å². The molecule has 0 saturated carbocycles. The number of rotatable bonds is 6. The van der Waals surface area contributed by atoms with Crippen LogP contribution in [0.4, 0.5) is 10.1 Å². The lowest BCUT2D eigenvalue weighted by Crippen LogP contribution is -2.37. The molecule has 6 heteroatoms. The van der Waals surface area contributed by atoms with Gasteiger partial charge < -0.3 is 15.0 Å². The molecule has 5 nitrogen and oxygen atoms in total. The van der Waals surface area contributed by atoms with Gasteiger partial charge in [0.05, 0.1) is 6.54 Å². The molecule has 0 fully saturated rings. The number of amides is 2. The zero-order valence-electron chi connectivity index (χ0n) is 14.5. The first-order valence-corrected chi connectivity index (χ1v) is 7.84. The first-order valence-electron chi connectivity index (χ1n) is 7.84. The van der Waals surface area contributed by atoms with Gasteiger partial charge in [-0.25, -0.2) is 4.39 Å². The van der Waals surface area contributed by atoms with Crippen molar-refractivity contribution in [1.29, 1.82) is 0 Å². The van der Waals surface area contributed by atoms with E-state index in [0.717, 1.165) is 11.1 Å². The van der Waals surface area contributed by atoms with Crippen LogP contribution in [0.5, 0.6) is 5.75 Å². The van der Waals surface area contributed by atoms with Gasteiger partial charge in [0.25, 0.3) is 5.91 Å². The van der Waals surface area contributed by atoms with Crippen LogP contribution >= 0.6 is 0 Å². The molecule has 0 heterocycles. The maximum atomic E-state index is 12.8. The lowest BCUT2D eigenvalue weighted by molar-refractivity contribution is -0.135. The molecule has 0 bridgehead atoms. The van der Waals surface area contributed by atoms with Crippen molar-refractivity contribution in [2.24, 2.45) is 0 Å². The second-order valence-corrected chi connectivity index (χ2v) is 5.92. The highest BCUT2D eigenvalue weighted by Gasteiger charge is 2.14. The Morgan fingerprint density at radius 1 is 1.08 bits per heavy atom. The van der Waals surface area contributed by atoms with Crippen LogP contribution in [0.15, 0.2) is 42.5 Å². The van der Waals surface area contributed by atoms with Crippen LogP contribution in [-0.2, 0) is 9.59 Å². The maximum Gasteiger partial charge on any atom is 0.260 e. The van der Waals surface area contributed by atoms with Gasteiger partial charge in [0.2, 0.25) is 5.91 Å². The lowest BCUT2D eigenvalue weighted by atomic mass is 10.1. The Hall–Kier alpha value is -2.89. The Kier molecular flexibility index (Phi) is 6.11. The molecule has 0 spiro atoms. The zero-order valence-corrected chi connectivity index (χ0v) is 14.5. The van der Waals surface area contributed by atoms with Crippen LogP contribution < -0.4 is 10.1 Å². The summed E-state index contributed by atoms with van der Waals surface area (Å²) in [6, 6.07) is 11.1. The fourth-order valence-electron chi connectivity index (χ4n) is 2.31. The predicted octanol–water partition coefficient (Wildman–Crippen LogP) is 2.92. The largest absolute Gasteiger partial charge is 0.484 e. The fourth-order valence-corrected chi connectivity index (χ4v) is 2.31. The summed E-state index contributed by atoms with van der Waals surface area (Å²) in [6.45, 7) is 3.64. The van der Waals surface area contributed by atoms with Crippen molar-refractivity contribution in [3.05, 3.63) is 59.4 Å². The Balaban J connectivity index is 1.82. The van der Waals surface area contributed by atoms with Crippen molar-refractivity contribution in [3.8, 4) is 5.75 Å². The molecule has 1 N–H and O–H groups in total. The van der Waals surface area contributed by atoms with E-state index < -0.39 is 0 Å². The topological polar surface area (TPSA) is 58.6 Å². The number of likely N-dealkylation sites (N-methyl/N-ethyl adjacent to an activating group) is 1. The highest BCUT2D eigenvalue weighted by Crippen LogP contribution is 2.16. The Bertz CT molecular complexity index is 740. The smallest absolute Gasteiger partial charge is 0.260 e. The molecule has 132 valence electrons. The number of carbonyl (C=O) groups is 2. The predicted molar refractivity (Wildman–Crippen MR) is 94.1 cm³/mol. The maximum absolute atomic E-state index is 12.8. The van der Waals surface area contributed by atoms with Gasteiger partial charge in [0.15, 0.2) is 6.61 Å². The third-order valence-corrected chi connectivity index (χ3v) is 3.49. The van der Waals surface area contributed by atoms with Crippen molar-refractivity contribution >= 4 is 17.5 Å². The average molecular weight is 344 g/mol. The average Bonchev–Trinajstić information content (AvgIpc) is 2.53. The van der Waals surface area contributed by atoms with E-state index in [1.807, 2.05) is 32.0 Å². The molecule has 0 aromatic heterocycles. The van der Waals surface area contributed by atoms with E-state index in [4.69, 9.17) is 4.74 Å². The molecule has 0 aliphatic rings. The van der Waals surface area contributed by atoms with Gasteiger partial charge in [-0.3, -0.25) is 9.59 Å². The highest BCUT2D eigenvalue weighted by molar-refractivity contribution is 5.94. The Labute approximate surface area is 146 Å². The SMILES string of the molecule is Cc1cc(C)cc(OCC(=O)N(C)CC(=O)Nc2ccc(F)cc2)c1. The summed E-state index contributed by atoms with van der Waals surface area (Å²) >= 11 is 0. The Morgan fingerprint density at radius 2 is 1.68 bits per heavy atom. The van der Waals surface area contributed by atoms with E-state index in [-0.39, 0.29) is 30.8 Å². The minimum Gasteiger partial charge on any atom is -0.484 e. The minimum absolute atomic E-state index is 0.119. The number of aryl methyl sites for hydroxylation is 2. The standard InChI is InChI=1S/C19H21FN2O3/c1-13-8-14(2)10-17(9-13)25-12-19(24)22(3)11-18(23)21-16-6-4-15(20)5-7-16/h4-10H,11-12H2,1-3H3,(H,21,23). The third kappa shape index (κ3) is 5.91. The monoisotopic (exact) mass is 344 g/mol. The Morgan fingerprint density at radius 3 is 2.28 bits per heavy atom. The number of hydrogen-bond acceptors (Lipinski definition) is 3. The molecule has 0 aliphatic carbocycles. The van der Waals surface area contributed by atoms with Crippen LogP contribution in [0.25, 0.3) is 0 Å². The number of benzene rings is 2. The van der Waals surface area contributed by atoms with Gasteiger partial charge in [-0.05, 0) is 61.4 Å². The van der Waals surface area contributed by atoms with Gasteiger partial charge in [-0.2, -0.15) is 0 Å². The summed E-state index contributed by atoms with van der Waals surface area (Å²) in [5.74, 6) is -0.439. The van der Waals surface area contributed by atoms with Crippen LogP contribution in [0.1, 0.15) is 11.1 Å². The molecule has 2 aromatic rings. The van der Waals surface area contributed by atoms with Gasteiger partial charge >= 0.3 is 0 Å². The minimum atomic E-state index is -0.381. The number of anilines is 1. The number of carbonyl (C=O) groups excluding carboxylic acids is 2. The second kappa shape index (κ2) is 8.28. The van der Waals surface area contributed by atoms with Crippen LogP contribution in [0.2, 0.25) is 0 Å². The van der Waals surface area contributed by atoms with E-state index in [2.05, 4.69) is 5.32 Å². The quantitative estimate of drug-likeness (QED) is 0.877. The number of hydrogen-bond donors (Lipinski definition) is 1. The summed E-state index contributed by atoms with van der Waals surface area (Å²) < 4.78 is 18.3. The molecule has 0 atom stereocenters. The highest BCUT2D eigenvalue weighted by atomic mass is 19.1. The van der Waals surface area contributed by atoms with Crippen molar-refractivity contribution in [1.82, 2.24) is 4.90 Å². The molecule has 2 rings (SSSR count). The van der Waals surface area contributed by atoms with Gasteiger partial charge in [0.1, 0.15) is 11.6 Å². The van der Waals surface area contributed by atoms with E-state index in [0.29, 0.717) is 11.4 Å². The number of nitrogens with one attached hydrogen (secondary N) is 1. The van der Waals surface area contributed by atoms with E-state index in [1.165, 1.54) is 36.2 Å². The van der Waals surface area contributed by atoms with E-state index in [9.17, 15) is 14.0 Å². The summed E-state index contributed by atoms with van der Waals surface area (Å²) in [4.78, 5) is 25.3. The second-order valence-electron chi connectivity index (χ2n) is 5.92. The summed E-state index contributed by atoms with van der Waals surface area (Å²) in [5.41, 5.74) is 2.57. The molecule has 0 aliphatic heterocycles. The van der Waals surface area contributed by atoms with Crippen LogP contribution in [0.3, 0.4) is 0 Å². The van der Waals surface area contributed by atoms with Crippen LogP contribution in [0, 0.1) is 19.7 Å². The molecule has 0 radical (unpaired) electrons. The summed E-state index contributed by atoms with van der Waals surface area (Å²) in [6.07, 6.45) is 0. The molecule has 2 amide bonds. The van der Waals surface area contributed by atoms with Crippen molar-refractivity contribution in [2.45, 2.75) is 13.8 Å². The number of nitrogens with zero attached hydrogens (tertiary/aromatic N) is 1. The summed E-state index contributed by atoms with van der Waals surface area (Å²) in [7, 11) is 1.53. The lowest BCUT2D eigenvalue weighted by Gasteiger charge is -2.17. The van der Waals surface area contributed by atoms with Gasteiger partial charge in [0, 0.05) is 12.7 Å². The normalized spacial score (nSPS) is 10.2. The fraction of sp³-hybridized carbons (Fsp3) is 0.263. The van der Waals surface area contributed by atoms with Crippen LogP contribution in [-0.4, -0.2) is 36.9 Å². The first-order chi connectivity index (χ1) is 11.8.